The Bertz CT molecular complexity index is 369. The first-order valence-corrected chi connectivity index (χ1v) is 3.98. The molecule has 2 aromatic rings. The van der Waals surface area contributed by atoms with Gasteiger partial charge in [0, 0.05) is 32.7 Å². The van der Waals surface area contributed by atoms with Crippen molar-refractivity contribution in [3.05, 3.63) is 42.2 Å². The Balaban J connectivity index is 0. The first kappa shape index (κ1) is 16.0. The summed E-state index contributed by atoms with van der Waals surface area (Å²) in [6.07, 6.45) is 0. The van der Waals surface area contributed by atoms with Crippen LogP contribution in [-0.2, 0) is 32.7 Å². The molecule has 0 atom stereocenters. The van der Waals surface area contributed by atoms with Crippen molar-refractivity contribution in [3.8, 4) is 0 Å². The van der Waals surface area contributed by atoms with Gasteiger partial charge in [-0.2, -0.15) is 0 Å². The second-order valence-electron chi connectivity index (χ2n) is 2.06. The Morgan fingerprint density at radius 1 is 1.21 bits per heavy atom. The third kappa shape index (κ3) is 3.76. The van der Waals surface area contributed by atoms with Crippen molar-refractivity contribution in [1.82, 2.24) is 9.97 Å². The number of hydrogen-bond acceptors (Lipinski definition) is 1. The van der Waals surface area contributed by atoms with Gasteiger partial charge in [0.2, 0.25) is 0 Å². The van der Waals surface area contributed by atoms with Crippen LogP contribution < -0.4 is 10.7 Å². The third-order valence-electron chi connectivity index (χ3n) is 1.37. The topological polar surface area (TPSA) is 47.0 Å². The van der Waals surface area contributed by atoms with Gasteiger partial charge >= 0.3 is 0 Å². The van der Waals surface area contributed by atoms with Crippen LogP contribution in [0.5, 0.6) is 0 Å². The van der Waals surface area contributed by atoms with Gasteiger partial charge < -0.3 is 17.4 Å². The van der Waals surface area contributed by atoms with E-state index in [0.717, 1.165) is 11.0 Å². The molecule has 2 rings (SSSR count). The maximum absolute atomic E-state index is 10.6. The number of benzene rings is 1. The van der Waals surface area contributed by atoms with E-state index in [-0.39, 0.29) is 45.8 Å². The maximum Gasteiger partial charge on any atom is 0.160 e. The fourth-order valence-corrected chi connectivity index (χ4v) is 0.929. The second kappa shape index (κ2) is 7.95. The van der Waals surface area contributed by atoms with Crippen molar-refractivity contribution in [2.24, 2.45) is 0 Å². The zero-order valence-corrected chi connectivity index (χ0v) is 11.6. The van der Waals surface area contributed by atoms with Crippen LogP contribution in [0.25, 0.3) is 11.0 Å². The van der Waals surface area contributed by atoms with Crippen LogP contribution in [0.4, 0.5) is 0 Å². The molecule has 1 aromatic carbocycles. The normalized spacial score (nSPS) is 7.86. The summed E-state index contributed by atoms with van der Waals surface area (Å²) in [4.78, 5) is 16.9. The number of aromatic amines is 1. The number of rotatable bonds is 0. The van der Waals surface area contributed by atoms with E-state index in [2.05, 4.69) is 9.97 Å². The molecule has 0 aliphatic carbocycles. The van der Waals surface area contributed by atoms with Gasteiger partial charge in [0.15, 0.2) is 5.69 Å². The molecule has 1 aromatic heterocycles. The standard InChI is InChI=1S/C7H6N2O.C2H6.CH3.Y/c10-7-8-5-3-1-2-4-6(5)9-7;1-2;;/h1-4H,(H2,8,9,10);1-2H3;1H3;/q;;-1;/p-1. The molecule has 0 saturated carbocycles. The molecule has 3 nitrogen and oxygen atoms in total. The average molecular weight is 267 g/mol. The zero-order valence-electron chi connectivity index (χ0n) is 8.74. The van der Waals surface area contributed by atoms with Gasteiger partial charge in [-0.25, -0.2) is 0 Å². The van der Waals surface area contributed by atoms with Crippen molar-refractivity contribution >= 4 is 11.0 Å². The minimum Gasteiger partial charge on any atom is -0.424 e. The summed E-state index contributed by atoms with van der Waals surface area (Å²) in [5.41, 5.74) is 1.25. The van der Waals surface area contributed by atoms with E-state index >= 15 is 0 Å². The summed E-state index contributed by atoms with van der Waals surface area (Å²) >= 11 is 0. The number of para-hydroxylation sites is 2. The van der Waals surface area contributed by atoms with Gasteiger partial charge in [-0.15, -0.1) is 0 Å². The summed E-state index contributed by atoms with van der Waals surface area (Å²) in [7, 11) is 0. The Kier molecular flexibility index (Phi) is 9.11. The molecular weight excluding hydrogens is 253 g/mol. The molecule has 14 heavy (non-hydrogen) atoms. The predicted octanol–water partition coefficient (Wildman–Crippen LogP) is 1.96. The predicted molar refractivity (Wildman–Crippen MR) is 55.7 cm³/mol. The number of hydrogen-bond donors (Lipinski definition) is 1. The van der Waals surface area contributed by atoms with Crippen LogP contribution in [0, 0.1) is 7.43 Å². The van der Waals surface area contributed by atoms with Crippen molar-refractivity contribution in [1.29, 1.82) is 0 Å². The Hall–Kier alpha value is -0.406. The van der Waals surface area contributed by atoms with E-state index in [1.165, 1.54) is 0 Å². The molecular formula is C10H14N2OY-2. The van der Waals surface area contributed by atoms with Gasteiger partial charge in [0.1, 0.15) is 0 Å². The Morgan fingerprint density at radius 3 is 2.36 bits per heavy atom. The van der Waals surface area contributed by atoms with Gasteiger partial charge in [-0.1, -0.05) is 38.1 Å². The van der Waals surface area contributed by atoms with Crippen LogP contribution in [0.2, 0.25) is 0 Å². The van der Waals surface area contributed by atoms with Crippen LogP contribution in [0.3, 0.4) is 0 Å². The first-order valence-electron chi connectivity index (χ1n) is 3.98. The van der Waals surface area contributed by atoms with E-state index in [1.807, 2.05) is 32.0 Å². The van der Waals surface area contributed by atoms with Gasteiger partial charge in [-0.3, -0.25) is 4.79 Å². The minimum atomic E-state index is -0.277. The zero-order chi connectivity index (χ0) is 8.97. The van der Waals surface area contributed by atoms with Crippen molar-refractivity contribution in [3.63, 3.8) is 0 Å². The van der Waals surface area contributed by atoms with E-state index in [1.54, 1.807) is 6.07 Å². The second-order valence-corrected chi connectivity index (χ2v) is 2.06. The molecule has 0 saturated heterocycles. The van der Waals surface area contributed by atoms with Crippen LogP contribution in [-0.4, -0.2) is 4.98 Å². The van der Waals surface area contributed by atoms with E-state index in [9.17, 15) is 4.79 Å². The fraction of sp³-hybridized carbons (Fsp3) is 0.200. The SMILES string of the molecule is CC.O=c1[n-]c2ccccc2[nH]1.[CH3-].[Y]. The molecule has 0 aliphatic rings. The quantitative estimate of drug-likeness (QED) is 0.742. The molecule has 0 unspecified atom stereocenters. The molecule has 0 aliphatic heterocycles. The summed E-state index contributed by atoms with van der Waals surface area (Å²) in [5.74, 6) is 0. The van der Waals surface area contributed by atoms with Crippen LogP contribution in [0.15, 0.2) is 29.1 Å². The minimum absolute atomic E-state index is 0. The number of nitrogens with one attached hydrogen (secondary N) is 1. The van der Waals surface area contributed by atoms with Gasteiger partial charge in [0.05, 0.1) is 0 Å². The van der Waals surface area contributed by atoms with Crippen LogP contribution in [0.1, 0.15) is 13.8 Å². The number of H-pyrrole nitrogens is 1. The summed E-state index contributed by atoms with van der Waals surface area (Å²) in [6.45, 7) is 4.00. The van der Waals surface area contributed by atoms with Gasteiger partial charge in [0.25, 0.3) is 0 Å². The molecule has 4 heteroatoms. The summed E-state index contributed by atoms with van der Waals surface area (Å²) < 4.78 is 0. The van der Waals surface area contributed by atoms with E-state index in [4.69, 9.17) is 0 Å². The first-order chi connectivity index (χ1) is 5.86. The number of fused-ring (bicyclic) bond motifs is 1. The average Bonchev–Trinajstić information content (AvgIpc) is 2.48. The van der Waals surface area contributed by atoms with Crippen molar-refractivity contribution < 1.29 is 32.7 Å². The van der Waals surface area contributed by atoms with Crippen LogP contribution >= 0.6 is 0 Å². The molecule has 0 amide bonds. The molecule has 1 heterocycles. The Labute approximate surface area is 109 Å². The number of imidazole rings is 1. The molecule has 0 bridgehead atoms. The van der Waals surface area contributed by atoms with Gasteiger partial charge in [-0.05, 0) is 11.0 Å². The third-order valence-corrected chi connectivity index (χ3v) is 1.37. The maximum atomic E-state index is 10.6. The number of aromatic nitrogens is 2. The van der Waals surface area contributed by atoms with Crippen molar-refractivity contribution in [2.75, 3.05) is 0 Å². The van der Waals surface area contributed by atoms with E-state index in [0.29, 0.717) is 0 Å². The molecule has 75 valence electrons. The summed E-state index contributed by atoms with van der Waals surface area (Å²) in [5, 5.41) is 0. The van der Waals surface area contributed by atoms with E-state index < -0.39 is 0 Å². The summed E-state index contributed by atoms with van der Waals surface area (Å²) in [6, 6.07) is 7.33. The van der Waals surface area contributed by atoms with Crippen molar-refractivity contribution in [2.45, 2.75) is 13.8 Å². The fourth-order valence-electron chi connectivity index (χ4n) is 0.929. The molecule has 1 radical (unpaired) electrons. The largest absolute Gasteiger partial charge is 0.424 e. The smallest absolute Gasteiger partial charge is 0.160 e. The monoisotopic (exact) mass is 267 g/mol. The molecule has 0 fully saturated rings. The molecule has 0 spiro atoms. The number of nitrogens with zero attached hydrogens (tertiary/aromatic N) is 1. The Morgan fingerprint density at radius 2 is 1.79 bits per heavy atom. The molecule has 1 N–H and O–H groups in total.